The summed E-state index contributed by atoms with van der Waals surface area (Å²) in [5.74, 6) is 0.692. The first-order valence-electron chi connectivity index (χ1n) is 13.6. The maximum atomic E-state index is 13.1. The molecular formula is C30H60N2O3. The summed E-state index contributed by atoms with van der Waals surface area (Å²) in [7, 11) is 0. The van der Waals surface area contributed by atoms with E-state index in [0.29, 0.717) is 31.9 Å². The van der Waals surface area contributed by atoms with Crippen LogP contribution in [0.25, 0.3) is 0 Å². The largest absolute Gasteiger partial charge is 0.375 e. The highest BCUT2D eigenvalue weighted by atomic mass is 16.5. The van der Waals surface area contributed by atoms with Crippen molar-refractivity contribution in [1.82, 2.24) is 10.6 Å². The fourth-order valence-corrected chi connectivity index (χ4v) is 4.75. The van der Waals surface area contributed by atoms with Crippen molar-refractivity contribution < 1.29 is 14.3 Å². The molecule has 208 valence electrons. The SMILES string of the molecule is CC(C)C(C)(C)CC(C)(C)NC(=O)C(C)(C)CCOC(C)(C)CCNC(=O)C(C)(C)CC(C)(C)C. The summed E-state index contributed by atoms with van der Waals surface area (Å²) in [6.45, 7) is 32.9. The lowest BCUT2D eigenvalue weighted by Gasteiger charge is -2.40. The summed E-state index contributed by atoms with van der Waals surface area (Å²) >= 11 is 0. The van der Waals surface area contributed by atoms with Crippen LogP contribution in [-0.4, -0.2) is 36.1 Å². The first-order chi connectivity index (χ1) is 15.3. The van der Waals surface area contributed by atoms with Gasteiger partial charge in [-0.2, -0.15) is 0 Å². The molecule has 2 N–H and O–H groups in total. The lowest BCUT2D eigenvalue weighted by molar-refractivity contribution is -0.134. The first kappa shape index (κ1) is 33.9. The fraction of sp³-hybridized carbons (Fsp3) is 0.933. The second-order valence-corrected chi connectivity index (χ2v) is 15.5. The van der Waals surface area contributed by atoms with Crippen molar-refractivity contribution in [2.24, 2.45) is 27.6 Å². The molecule has 0 radical (unpaired) electrons. The van der Waals surface area contributed by atoms with Gasteiger partial charge < -0.3 is 15.4 Å². The predicted octanol–water partition coefficient (Wildman–Crippen LogP) is 7.13. The highest BCUT2D eigenvalue weighted by Gasteiger charge is 2.37. The fourth-order valence-electron chi connectivity index (χ4n) is 4.75. The second-order valence-electron chi connectivity index (χ2n) is 15.5. The van der Waals surface area contributed by atoms with Gasteiger partial charge in [-0.1, -0.05) is 76.2 Å². The standard InChI is InChI=1S/C30H60N2O3/c1-22(2)27(8,9)21-29(12,13)32-24(34)26(6,7)17-19-35-30(14,15)16-18-31-23(33)28(10,11)20-25(3,4)5/h22H,16-21H2,1-15H3,(H,31,33)(H,32,34). The Morgan fingerprint density at radius 3 is 1.69 bits per heavy atom. The summed E-state index contributed by atoms with van der Waals surface area (Å²) < 4.78 is 6.17. The molecule has 5 nitrogen and oxygen atoms in total. The van der Waals surface area contributed by atoms with Crippen LogP contribution in [0.1, 0.15) is 130 Å². The third kappa shape index (κ3) is 13.1. The van der Waals surface area contributed by atoms with Gasteiger partial charge in [0.25, 0.3) is 0 Å². The normalized spacial score (nSPS) is 14.3. The molecule has 35 heavy (non-hydrogen) atoms. The molecule has 0 saturated carbocycles. The Bertz CT molecular complexity index is 695. The van der Waals surface area contributed by atoms with E-state index in [1.54, 1.807) is 0 Å². The zero-order chi connectivity index (χ0) is 28.1. The summed E-state index contributed by atoms with van der Waals surface area (Å²) in [6.07, 6.45) is 3.10. The number of carbonyl (C=O) groups excluding carboxylic acids is 2. The zero-order valence-corrected chi connectivity index (χ0v) is 26.0. The molecule has 2 amide bonds. The zero-order valence-electron chi connectivity index (χ0n) is 26.0. The van der Waals surface area contributed by atoms with E-state index in [1.165, 1.54) is 0 Å². The number of hydrogen-bond donors (Lipinski definition) is 2. The Morgan fingerprint density at radius 1 is 0.714 bits per heavy atom. The topological polar surface area (TPSA) is 67.4 Å². The number of carbonyl (C=O) groups is 2. The summed E-state index contributed by atoms with van der Waals surface area (Å²) in [5, 5.41) is 6.39. The number of hydrogen-bond acceptors (Lipinski definition) is 3. The minimum atomic E-state index is -0.527. The van der Waals surface area contributed by atoms with Crippen molar-refractivity contribution in [1.29, 1.82) is 0 Å². The average molecular weight is 497 g/mol. The van der Waals surface area contributed by atoms with Gasteiger partial charge in [-0.25, -0.2) is 0 Å². The van der Waals surface area contributed by atoms with Crippen LogP contribution >= 0.6 is 0 Å². The molecule has 0 atom stereocenters. The molecular weight excluding hydrogens is 436 g/mol. The Kier molecular flexibility index (Phi) is 11.6. The van der Waals surface area contributed by atoms with E-state index in [-0.39, 0.29) is 33.8 Å². The Balaban J connectivity index is 4.71. The van der Waals surface area contributed by atoms with Crippen molar-refractivity contribution >= 4 is 11.8 Å². The highest BCUT2D eigenvalue weighted by molar-refractivity contribution is 5.82. The summed E-state index contributed by atoms with van der Waals surface area (Å²) in [5.41, 5.74) is -1.34. The smallest absolute Gasteiger partial charge is 0.226 e. The molecule has 5 heteroatoms. The second kappa shape index (κ2) is 12.0. The van der Waals surface area contributed by atoms with Crippen LogP contribution < -0.4 is 10.6 Å². The molecule has 0 saturated heterocycles. The van der Waals surface area contributed by atoms with Crippen molar-refractivity contribution in [3.63, 3.8) is 0 Å². The van der Waals surface area contributed by atoms with Crippen LogP contribution in [0.15, 0.2) is 0 Å². The van der Waals surface area contributed by atoms with E-state index < -0.39 is 10.8 Å². The summed E-state index contributed by atoms with van der Waals surface area (Å²) in [6, 6.07) is 0. The third-order valence-electron chi connectivity index (χ3n) is 7.35. The van der Waals surface area contributed by atoms with Crippen LogP contribution in [-0.2, 0) is 14.3 Å². The van der Waals surface area contributed by atoms with Crippen molar-refractivity contribution in [3.05, 3.63) is 0 Å². The number of amides is 2. The molecule has 0 spiro atoms. The number of nitrogens with one attached hydrogen (secondary N) is 2. The number of ether oxygens (including phenoxy) is 1. The molecule has 0 aromatic rings. The van der Waals surface area contributed by atoms with Crippen molar-refractivity contribution in [3.8, 4) is 0 Å². The van der Waals surface area contributed by atoms with Gasteiger partial charge in [0.05, 0.1) is 5.60 Å². The van der Waals surface area contributed by atoms with Crippen LogP contribution in [0.4, 0.5) is 0 Å². The van der Waals surface area contributed by atoms with Gasteiger partial charge in [0, 0.05) is 29.5 Å². The molecule has 0 aliphatic heterocycles. The maximum absolute atomic E-state index is 13.1. The van der Waals surface area contributed by atoms with Gasteiger partial charge in [-0.15, -0.1) is 0 Å². The van der Waals surface area contributed by atoms with Crippen LogP contribution in [0.2, 0.25) is 0 Å². The molecule has 0 bridgehead atoms. The quantitative estimate of drug-likeness (QED) is 0.269. The van der Waals surface area contributed by atoms with Gasteiger partial charge in [0.1, 0.15) is 0 Å². The molecule has 0 heterocycles. The van der Waals surface area contributed by atoms with Gasteiger partial charge in [-0.3, -0.25) is 9.59 Å². The molecule has 0 aromatic carbocycles. The third-order valence-corrected chi connectivity index (χ3v) is 7.35. The first-order valence-corrected chi connectivity index (χ1v) is 13.6. The van der Waals surface area contributed by atoms with E-state index in [1.807, 2.05) is 41.5 Å². The highest BCUT2D eigenvalue weighted by Crippen LogP contribution is 2.36. The Hall–Kier alpha value is -1.10. The van der Waals surface area contributed by atoms with Crippen LogP contribution in [0.5, 0.6) is 0 Å². The lowest BCUT2D eigenvalue weighted by Crippen LogP contribution is -2.51. The van der Waals surface area contributed by atoms with E-state index in [9.17, 15) is 9.59 Å². The van der Waals surface area contributed by atoms with Gasteiger partial charge in [0.2, 0.25) is 11.8 Å². The van der Waals surface area contributed by atoms with E-state index in [4.69, 9.17) is 4.74 Å². The summed E-state index contributed by atoms with van der Waals surface area (Å²) in [4.78, 5) is 25.8. The van der Waals surface area contributed by atoms with E-state index in [0.717, 1.165) is 12.8 Å². The molecule has 0 aromatic heterocycles. The lowest BCUT2D eigenvalue weighted by atomic mass is 9.72. The molecule has 0 rings (SSSR count). The van der Waals surface area contributed by atoms with Crippen LogP contribution in [0.3, 0.4) is 0 Å². The van der Waals surface area contributed by atoms with Gasteiger partial charge in [-0.05, 0) is 70.1 Å². The van der Waals surface area contributed by atoms with Crippen molar-refractivity contribution in [2.45, 2.75) is 141 Å². The number of rotatable bonds is 14. The van der Waals surface area contributed by atoms with Crippen LogP contribution in [0, 0.1) is 27.6 Å². The van der Waals surface area contributed by atoms with Crippen molar-refractivity contribution in [2.75, 3.05) is 13.2 Å². The van der Waals surface area contributed by atoms with E-state index in [2.05, 4.69) is 72.9 Å². The minimum absolute atomic E-state index is 0.0665. The average Bonchev–Trinajstić information content (AvgIpc) is 2.57. The Labute approximate surface area is 218 Å². The minimum Gasteiger partial charge on any atom is -0.375 e. The molecule has 0 aliphatic carbocycles. The maximum Gasteiger partial charge on any atom is 0.226 e. The molecule has 0 aliphatic rings. The van der Waals surface area contributed by atoms with E-state index >= 15 is 0 Å². The molecule has 0 fully saturated rings. The predicted molar refractivity (Wildman–Crippen MR) is 149 cm³/mol. The van der Waals surface area contributed by atoms with Gasteiger partial charge >= 0.3 is 0 Å². The Morgan fingerprint density at radius 2 is 1.23 bits per heavy atom. The monoisotopic (exact) mass is 496 g/mol. The van der Waals surface area contributed by atoms with Gasteiger partial charge in [0.15, 0.2) is 0 Å². The molecule has 0 unspecified atom stereocenters.